The van der Waals surface area contributed by atoms with Gasteiger partial charge in [-0.1, -0.05) is 0 Å². The maximum Gasteiger partial charge on any atom is 0.122 e. The Morgan fingerprint density at radius 3 is 2.27 bits per heavy atom. The normalized spacial score (nSPS) is 17.7. The molecule has 1 aromatic carbocycles. The number of aryl methyl sites for hydroxylation is 1. The summed E-state index contributed by atoms with van der Waals surface area (Å²) < 4.78 is 5.31. The van der Waals surface area contributed by atoms with E-state index in [9.17, 15) is 5.11 Å². The highest BCUT2D eigenvalue weighted by Crippen LogP contribution is 2.49. The van der Waals surface area contributed by atoms with E-state index in [1.807, 2.05) is 19.9 Å². The molecule has 0 amide bonds. The molecule has 0 saturated heterocycles. The largest absolute Gasteiger partial charge is 0.496 e. The molecule has 15 heavy (non-hydrogen) atoms. The molecule has 1 N–H and O–H groups in total. The molecule has 2 heteroatoms. The fourth-order valence-corrected chi connectivity index (χ4v) is 2.34. The van der Waals surface area contributed by atoms with Crippen LogP contribution in [0.2, 0.25) is 0 Å². The second-order valence-electron chi connectivity index (χ2n) is 4.55. The summed E-state index contributed by atoms with van der Waals surface area (Å²) in [5.41, 5.74) is 4.01. The van der Waals surface area contributed by atoms with E-state index in [0.717, 1.165) is 35.3 Å². The van der Waals surface area contributed by atoms with E-state index >= 15 is 0 Å². The average Bonchev–Trinajstić information content (AvgIpc) is 2.91. The zero-order valence-electron chi connectivity index (χ0n) is 9.85. The molecule has 2 nitrogen and oxygen atoms in total. The van der Waals surface area contributed by atoms with Crippen molar-refractivity contribution in [2.75, 3.05) is 7.11 Å². The van der Waals surface area contributed by atoms with Crippen molar-refractivity contribution in [3.8, 4) is 5.75 Å². The Balaban J connectivity index is 2.61. The van der Waals surface area contributed by atoms with Crippen molar-refractivity contribution in [1.82, 2.24) is 0 Å². The van der Waals surface area contributed by atoms with E-state index in [1.165, 1.54) is 5.56 Å². The van der Waals surface area contributed by atoms with Gasteiger partial charge in [-0.05, 0) is 61.9 Å². The second-order valence-corrected chi connectivity index (χ2v) is 4.55. The highest BCUT2D eigenvalue weighted by Gasteiger charge is 2.44. The molecule has 0 radical (unpaired) electrons. The van der Waals surface area contributed by atoms with Gasteiger partial charge in [-0.25, -0.2) is 0 Å². The van der Waals surface area contributed by atoms with Crippen LogP contribution in [-0.4, -0.2) is 12.2 Å². The SMILES string of the molecule is COc1cc(C)c(C2(O)CC2)c(C)c1C. The van der Waals surface area contributed by atoms with Crippen molar-refractivity contribution in [2.45, 2.75) is 39.2 Å². The molecule has 0 atom stereocenters. The Kier molecular flexibility index (Phi) is 2.27. The number of hydrogen-bond acceptors (Lipinski definition) is 2. The molecule has 0 bridgehead atoms. The van der Waals surface area contributed by atoms with E-state index in [2.05, 4.69) is 6.92 Å². The summed E-state index contributed by atoms with van der Waals surface area (Å²) in [6.45, 7) is 6.15. The van der Waals surface area contributed by atoms with Gasteiger partial charge in [-0.2, -0.15) is 0 Å². The summed E-state index contributed by atoms with van der Waals surface area (Å²) >= 11 is 0. The lowest BCUT2D eigenvalue weighted by molar-refractivity contribution is 0.150. The number of rotatable bonds is 2. The summed E-state index contributed by atoms with van der Waals surface area (Å²) in [6.07, 6.45) is 1.78. The van der Waals surface area contributed by atoms with E-state index < -0.39 is 5.60 Å². The maximum atomic E-state index is 10.2. The molecule has 1 aliphatic rings. The van der Waals surface area contributed by atoms with Gasteiger partial charge < -0.3 is 9.84 Å². The lowest BCUT2D eigenvalue weighted by Gasteiger charge is -2.19. The van der Waals surface area contributed by atoms with Gasteiger partial charge in [0.05, 0.1) is 12.7 Å². The zero-order valence-corrected chi connectivity index (χ0v) is 9.85. The molecule has 0 aliphatic heterocycles. The first kappa shape index (κ1) is 10.5. The van der Waals surface area contributed by atoms with E-state index in [4.69, 9.17) is 4.74 Å². The first-order valence-corrected chi connectivity index (χ1v) is 5.37. The number of ether oxygens (including phenoxy) is 1. The highest BCUT2D eigenvalue weighted by atomic mass is 16.5. The summed E-state index contributed by atoms with van der Waals surface area (Å²) in [5, 5.41) is 10.2. The van der Waals surface area contributed by atoms with Crippen molar-refractivity contribution in [1.29, 1.82) is 0 Å². The molecule has 1 saturated carbocycles. The molecule has 0 aromatic heterocycles. The van der Waals surface area contributed by atoms with Crippen molar-refractivity contribution in [3.05, 3.63) is 28.3 Å². The first-order chi connectivity index (χ1) is 6.99. The third-order valence-electron chi connectivity index (χ3n) is 3.46. The van der Waals surface area contributed by atoms with Gasteiger partial charge >= 0.3 is 0 Å². The Morgan fingerprint density at radius 2 is 1.80 bits per heavy atom. The van der Waals surface area contributed by atoms with Crippen LogP contribution in [0.3, 0.4) is 0 Å². The van der Waals surface area contributed by atoms with Gasteiger partial charge in [-0.3, -0.25) is 0 Å². The summed E-state index contributed by atoms with van der Waals surface area (Å²) in [4.78, 5) is 0. The Morgan fingerprint density at radius 1 is 1.20 bits per heavy atom. The van der Waals surface area contributed by atoms with Gasteiger partial charge in [0.15, 0.2) is 0 Å². The van der Waals surface area contributed by atoms with E-state index in [1.54, 1.807) is 7.11 Å². The third kappa shape index (κ3) is 1.53. The predicted molar refractivity (Wildman–Crippen MR) is 60.3 cm³/mol. The van der Waals surface area contributed by atoms with Crippen molar-refractivity contribution in [2.24, 2.45) is 0 Å². The lowest BCUT2D eigenvalue weighted by atomic mass is 9.92. The molecule has 1 aliphatic carbocycles. The maximum absolute atomic E-state index is 10.2. The van der Waals surface area contributed by atoms with Crippen LogP contribution in [0.1, 0.15) is 35.1 Å². The fraction of sp³-hybridized carbons (Fsp3) is 0.538. The van der Waals surface area contributed by atoms with Gasteiger partial charge in [-0.15, -0.1) is 0 Å². The van der Waals surface area contributed by atoms with Crippen molar-refractivity contribution in [3.63, 3.8) is 0 Å². The number of aliphatic hydroxyl groups is 1. The molecular weight excluding hydrogens is 188 g/mol. The molecule has 2 rings (SSSR count). The van der Waals surface area contributed by atoms with Crippen LogP contribution < -0.4 is 4.74 Å². The number of methoxy groups -OCH3 is 1. The van der Waals surface area contributed by atoms with Gasteiger partial charge in [0, 0.05) is 0 Å². The summed E-state index contributed by atoms with van der Waals surface area (Å²) in [7, 11) is 1.69. The smallest absolute Gasteiger partial charge is 0.122 e. The fourth-order valence-electron chi connectivity index (χ4n) is 2.34. The molecule has 0 heterocycles. The molecule has 82 valence electrons. The summed E-state index contributed by atoms with van der Waals surface area (Å²) in [6, 6.07) is 2.02. The van der Waals surface area contributed by atoms with Crippen molar-refractivity contribution < 1.29 is 9.84 Å². The average molecular weight is 206 g/mol. The Labute approximate surface area is 90.9 Å². The topological polar surface area (TPSA) is 29.5 Å². The van der Waals surface area contributed by atoms with Crippen molar-refractivity contribution >= 4 is 0 Å². The second kappa shape index (κ2) is 3.24. The molecular formula is C13H18O2. The minimum Gasteiger partial charge on any atom is -0.496 e. The minimum atomic E-state index is -0.550. The van der Waals surface area contributed by atoms with Gasteiger partial charge in [0.25, 0.3) is 0 Å². The number of benzene rings is 1. The minimum absolute atomic E-state index is 0.550. The van der Waals surface area contributed by atoms with E-state index in [0.29, 0.717) is 0 Å². The van der Waals surface area contributed by atoms with Crippen LogP contribution in [0.4, 0.5) is 0 Å². The summed E-state index contributed by atoms with van der Waals surface area (Å²) in [5.74, 6) is 0.915. The molecule has 1 fully saturated rings. The third-order valence-corrected chi connectivity index (χ3v) is 3.46. The standard InChI is InChI=1S/C13H18O2/c1-8-7-11(15-4)9(2)10(3)12(8)13(14)5-6-13/h7,14H,5-6H2,1-4H3. The van der Waals surface area contributed by atoms with Gasteiger partial charge in [0.2, 0.25) is 0 Å². The number of hydrogen-bond donors (Lipinski definition) is 1. The zero-order chi connectivity index (χ0) is 11.2. The quantitative estimate of drug-likeness (QED) is 0.806. The Hall–Kier alpha value is -1.02. The van der Waals surface area contributed by atoms with Crippen LogP contribution >= 0.6 is 0 Å². The molecule has 1 aromatic rings. The van der Waals surface area contributed by atoms with Crippen LogP contribution in [0, 0.1) is 20.8 Å². The lowest BCUT2D eigenvalue weighted by Crippen LogP contribution is -2.11. The Bertz CT molecular complexity index is 403. The highest BCUT2D eigenvalue weighted by molar-refractivity contribution is 5.51. The molecule has 0 spiro atoms. The van der Waals surface area contributed by atoms with Crippen LogP contribution in [-0.2, 0) is 5.60 Å². The van der Waals surface area contributed by atoms with E-state index in [-0.39, 0.29) is 0 Å². The van der Waals surface area contributed by atoms with Crippen LogP contribution in [0.25, 0.3) is 0 Å². The first-order valence-electron chi connectivity index (χ1n) is 5.37. The van der Waals surface area contributed by atoms with Crippen LogP contribution in [0.15, 0.2) is 6.07 Å². The molecule has 0 unspecified atom stereocenters. The predicted octanol–water partition coefficient (Wildman–Crippen LogP) is 2.60. The van der Waals surface area contributed by atoms with Crippen LogP contribution in [0.5, 0.6) is 5.75 Å². The monoisotopic (exact) mass is 206 g/mol. The van der Waals surface area contributed by atoms with Gasteiger partial charge in [0.1, 0.15) is 5.75 Å².